The molecule has 0 bridgehead atoms. The van der Waals surface area contributed by atoms with Gasteiger partial charge in [-0.05, 0) is 42.3 Å². The highest BCUT2D eigenvalue weighted by atomic mass is 32.2. The van der Waals surface area contributed by atoms with Crippen molar-refractivity contribution in [2.24, 2.45) is 0 Å². The summed E-state index contributed by atoms with van der Waals surface area (Å²) in [5.41, 5.74) is 4.18. The van der Waals surface area contributed by atoms with Gasteiger partial charge in [-0.2, -0.15) is 0 Å². The van der Waals surface area contributed by atoms with Gasteiger partial charge in [-0.25, -0.2) is 8.42 Å². The van der Waals surface area contributed by atoms with Gasteiger partial charge in [0, 0.05) is 17.3 Å². The third kappa shape index (κ3) is 2.68. The fraction of sp³-hybridized carbons (Fsp3) is 0.167. The van der Waals surface area contributed by atoms with E-state index in [0.717, 1.165) is 28.5 Å². The summed E-state index contributed by atoms with van der Waals surface area (Å²) in [6.45, 7) is 3.59. The van der Waals surface area contributed by atoms with Crippen molar-refractivity contribution in [1.82, 2.24) is 4.40 Å². The molecule has 5 heteroatoms. The van der Waals surface area contributed by atoms with Crippen LogP contribution in [-0.2, 0) is 9.84 Å². The summed E-state index contributed by atoms with van der Waals surface area (Å²) in [4.78, 5) is 11.8. The molecule has 0 amide bonds. The fourth-order valence-corrected chi connectivity index (χ4v) is 3.54. The van der Waals surface area contributed by atoms with Crippen molar-refractivity contribution in [3.63, 3.8) is 0 Å². The Morgan fingerprint density at radius 2 is 1.78 bits per heavy atom. The van der Waals surface area contributed by atoms with Crippen molar-refractivity contribution < 1.29 is 13.2 Å². The maximum Gasteiger partial charge on any atom is 0.178 e. The zero-order valence-electron chi connectivity index (χ0n) is 13.0. The Labute approximate surface area is 135 Å². The minimum Gasteiger partial charge on any atom is -0.313 e. The molecule has 0 unspecified atom stereocenters. The molecule has 0 aliphatic heterocycles. The van der Waals surface area contributed by atoms with E-state index in [9.17, 15) is 13.2 Å². The molecule has 118 valence electrons. The standard InChI is InChI=1S/C18H17NO3S/c1-3-23(21,22)16-8-5-14(6-9-16)17-10-15-7-4-13(2)11-19(15)18(17)12-20/h4-12H,3H2,1-2H3. The van der Waals surface area contributed by atoms with Crippen molar-refractivity contribution in [2.45, 2.75) is 18.7 Å². The van der Waals surface area contributed by atoms with Crippen LogP contribution in [-0.4, -0.2) is 24.9 Å². The Kier molecular flexibility index (Phi) is 3.82. The molecule has 2 heterocycles. The third-order valence-corrected chi connectivity index (χ3v) is 5.72. The van der Waals surface area contributed by atoms with Crippen molar-refractivity contribution in [1.29, 1.82) is 0 Å². The first-order chi connectivity index (χ1) is 11.0. The lowest BCUT2D eigenvalue weighted by atomic mass is 10.1. The van der Waals surface area contributed by atoms with Gasteiger partial charge in [0.2, 0.25) is 0 Å². The molecule has 3 rings (SSSR count). The van der Waals surface area contributed by atoms with Gasteiger partial charge >= 0.3 is 0 Å². The second-order valence-corrected chi connectivity index (χ2v) is 7.77. The number of hydrogen-bond donors (Lipinski definition) is 0. The molecule has 0 spiro atoms. The van der Waals surface area contributed by atoms with E-state index in [1.54, 1.807) is 31.2 Å². The SMILES string of the molecule is CCS(=O)(=O)c1ccc(-c2cc3ccc(C)cn3c2C=O)cc1. The van der Waals surface area contributed by atoms with E-state index in [1.165, 1.54) is 0 Å². The Morgan fingerprint density at radius 3 is 2.39 bits per heavy atom. The first-order valence-electron chi connectivity index (χ1n) is 7.36. The quantitative estimate of drug-likeness (QED) is 0.689. The van der Waals surface area contributed by atoms with Gasteiger partial charge in [-0.15, -0.1) is 0 Å². The van der Waals surface area contributed by atoms with Gasteiger partial charge in [0.25, 0.3) is 0 Å². The molecule has 0 atom stereocenters. The van der Waals surface area contributed by atoms with Crippen LogP contribution in [0, 0.1) is 6.92 Å². The predicted molar refractivity (Wildman–Crippen MR) is 90.7 cm³/mol. The topological polar surface area (TPSA) is 55.6 Å². The van der Waals surface area contributed by atoms with Gasteiger partial charge in [-0.1, -0.05) is 25.1 Å². The minimum absolute atomic E-state index is 0.0708. The molecule has 0 aliphatic rings. The van der Waals surface area contributed by atoms with Crippen LogP contribution in [0.4, 0.5) is 0 Å². The van der Waals surface area contributed by atoms with E-state index >= 15 is 0 Å². The number of nitrogens with zero attached hydrogens (tertiary/aromatic N) is 1. The van der Waals surface area contributed by atoms with Gasteiger partial charge in [0.1, 0.15) is 0 Å². The normalized spacial score (nSPS) is 11.7. The van der Waals surface area contributed by atoms with E-state index in [0.29, 0.717) is 10.6 Å². The second kappa shape index (κ2) is 5.66. The van der Waals surface area contributed by atoms with E-state index in [1.807, 2.05) is 35.7 Å². The van der Waals surface area contributed by atoms with Gasteiger partial charge < -0.3 is 4.40 Å². The molecule has 3 aromatic rings. The maximum atomic E-state index is 11.9. The number of fused-ring (bicyclic) bond motifs is 1. The predicted octanol–water partition coefficient (Wildman–Crippen LogP) is 3.52. The molecule has 2 aromatic heterocycles. The Bertz CT molecular complexity index is 983. The third-order valence-electron chi connectivity index (χ3n) is 3.97. The van der Waals surface area contributed by atoms with Crippen molar-refractivity contribution in [2.75, 3.05) is 5.75 Å². The largest absolute Gasteiger partial charge is 0.313 e. The molecular formula is C18H17NO3S. The lowest BCUT2D eigenvalue weighted by molar-refractivity contribution is 0.111. The monoisotopic (exact) mass is 327 g/mol. The summed E-state index contributed by atoms with van der Waals surface area (Å²) < 4.78 is 25.6. The smallest absolute Gasteiger partial charge is 0.178 e. The van der Waals surface area contributed by atoms with E-state index in [-0.39, 0.29) is 5.75 Å². The van der Waals surface area contributed by atoms with E-state index < -0.39 is 9.84 Å². The van der Waals surface area contributed by atoms with Crippen LogP contribution in [0.3, 0.4) is 0 Å². The summed E-state index contributed by atoms with van der Waals surface area (Å²) in [6.07, 6.45) is 2.75. The molecule has 1 aromatic carbocycles. The number of pyridine rings is 1. The number of aromatic nitrogens is 1. The van der Waals surface area contributed by atoms with E-state index in [2.05, 4.69) is 0 Å². The minimum atomic E-state index is -3.22. The average Bonchev–Trinajstić information content (AvgIpc) is 2.92. The highest BCUT2D eigenvalue weighted by Gasteiger charge is 2.14. The zero-order chi connectivity index (χ0) is 16.6. The molecule has 0 radical (unpaired) electrons. The number of rotatable bonds is 4. The first kappa shape index (κ1) is 15.5. The fourth-order valence-electron chi connectivity index (χ4n) is 2.66. The number of benzene rings is 1. The summed E-state index contributed by atoms with van der Waals surface area (Å²) in [7, 11) is -3.22. The molecule has 0 N–H and O–H groups in total. The summed E-state index contributed by atoms with van der Waals surface area (Å²) in [6, 6.07) is 12.6. The zero-order valence-corrected chi connectivity index (χ0v) is 13.8. The number of aryl methyl sites for hydroxylation is 1. The summed E-state index contributed by atoms with van der Waals surface area (Å²) in [5.74, 6) is 0.0708. The van der Waals surface area contributed by atoms with Crippen LogP contribution in [0.1, 0.15) is 23.0 Å². The van der Waals surface area contributed by atoms with Crippen molar-refractivity contribution >= 4 is 21.6 Å². The van der Waals surface area contributed by atoms with Crippen LogP contribution in [0.25, 0.3) is 16.6 Å². The number of carbonyl (C=O) groups is 1. The Hall–Kier alpha value is -2.40. The Morgan fingerprint density at radius 1 is 1.09 bits per heavy atom. The molecule has 4 nitrogen and oxygen atoms in total. The van der Waals surface area contributed by atoms with Crippen LogP contribution in [0.5, 0.6) is 0 Å². The molecule has 0 saturated carbocycles. The second-order valence-electron chi connectivity index (χ2n) is 5.49. The summed E-state index contributed by atoms with van der Waals surface area (Å²) >= 11 is 0. The van der Waals surface area contributed by atoms with Crippen molar-refractivity contribution in [3.8, 4) is 11.1 Å². The lowest BCUT2D eigenvalue weighted by Gasteiger charge is -2.04. The van der Waals surface area contributed by atoms with Gasteiger partial charge in [0.05, 0.1) is 16.3 Å². The van der Waals surface area contributed by atoms with Crippen molar-refractivity contribution in [3.05, 3.63) is 59.9 Å². The maximum absolute atomic E-state index is 11.9. The average molecular weight is 327 g/mol. The highest BCUT2D eigenvalue weighted by molar-refractivity contribution is 7.91. The Balaban J connectivity index is 2.15. The van der Waals surface area contributed by atoms with Crippen LogP contribution >= 0.6 is 0 Å². The number of hydrogen-bond acceptors (Lipinski definition) is 3. The molecule has 0 aliphatic carbocycles. The molecular weight excluding hydrogens is 310 g/mol. The lowest BCUT2D eigenvalue weighted by Crippen LogP contribution is -2.03. The molecule has 0 saturated heterocycles. The first-order valence-corrected chi connectivity index (χ1v) is 9.01. The van der Waals surface area contributed by atoms with Crippen LogP contribution in [0.2, 0.25) is 0 Å². The van der Waals surface area contributed by atoms with Gasteiger partial charge in [0.15, 0.2) is 16.1 Å². The van der Waals surface area contributed by atoms with E-state index in [4.69, 9.17) is 0 Å². The van der Waals surface area contributed by atoms with Gasteiger partial charge in [-0.3, -0.25) is 4.79 Å². The highest BCUT2D eigenvalue weighted by Crippen LogP contribution is 2.28. The number of carbonyl (C=O) groups excluding carboxylic acids is 1. The molecule has 0 fully saturated rings. The van der Waals surface area contributed by atoms with Crippen LogP contribution < -0.4 is 0 Å². The molecule has 23 heavy (non-hydrogen) atoms. The van der Waals surface area contributed by atoms with Crippen LogP contribution in [0.15, 0.2) is 53.6 Å². The number of sulfone groups is 1. The summed E-state index contributed by atoms with van der Waals surface area (Å²) in [5, 5.41) is 0. The number of aldehydes is 1.